The van der Waals surface area contributed by atoms with E-state index in [1.807, 2.05) is 62.7 Å². The fraction of sp³-hybridized carbons (Fsp3) is 0.414. The highest BCUT2D eigenvalue weighted by Crippen LogP contribution is 2.44. The molecule has 2 fully saturated rings. The van der Waals surface area contributed by atoms with Crippen molar-refractivity contribution in [3.63, 3.8) is 0 Å². The number of aromatic nitrogens is 1. The Balaban J connectivity index is 1.22. The van der Waals surface area contributed by atoms with Crippen LogP contribution in [0.4, 0.5) is 0 Å². The molecule has 3 aromatic rings. The first kappa shape index (κ1) is 30.3. The number of piperazine rings is 1. The molecule has 1 unspecified atom stereocenters. The van der Waals surface area contributed by atoms with Crippen molar-refractivity contribution < 1.29 is 22.8 Å². The lowest BCUT2D eigenvalue weighted by molar-refractivity contribution is -0.205. The van der Waals surface area contributed by atoms with Gasteiger partial charge in [0.15, 0.2) is 0 Å². The third-order valence-electron chi connectivity index (χ3n) is 8.23. The molecule has 0 radical (unpaired) electrons. The Morgan fingerprint density at radius 1 is 1.10 bits per heavy atom. The summed E-state index contributed by atoms with van der Waals surface area (Å²) in [5.41, 5.74) is 0.795. The maximum atomic E-state index is 13.7. The molecule has 1 aromatic heterocycles. The highest BCUT2D eigenvalue weighted by atomic mass is 35.5. The highest BCUT2D eigenvalue weighted by Gasteiger charge is 2.64. The quantitative estimate of drug-likeness (QED) is 0.374. The molecule has 2 aliphatic rings. The van der Waals surface area contributed by atoms with Crippen LogP contribution in [0.15, 0.2) is 53.4 Å². The second kappa shape index (κ2) is 11.2. The molecule has 0 spiro atoms. The second-order valence-corrected chi connectivity index (χ2v) is 14.1. The van der Waals surface area contributed by atoms with Crippen LogP contribution in [0.2, 0.25) is 10.0 Å². The average molecular weight is 635 g/mol. The molecule has 2 N–H and O–H groups in total. The van der Waals surface area contributed by atoms with Gasteiger partial charge in [-0.05, 0) is 49.6 Å². The van der Waals surface area contributed by atoms with Gasteiger partial charge in [0.25, 0.3) is 5.91 Å². The first-order chi connectivity index (χ1) is 19.7. The summed E-state index contributed by atoms with van der Waals surface area (Å²) < 4.78 is 29.5. The van der Waals surface area contributed by atoms with Crippen molar-refractivity contribution in [2.75, 3.05) is 19.6 Å². The summed E-state index contributed by atoms with van der Waals surface area (Å²) in [6, 6.07) is 12.5. The first-order valence-electron chi connectivity index (χ1n) is 13.6. The van der Waals surface area contributed by atoms with Crippen LogP contribution >= 0.6 is 23.2 Å². The predicted octanol–water partition coefficient (Wildman–Crippen LogP) is 3.42. The van der Waals surface area contributed by atoms with Crippen LogP contribution in [0.1, 0.15) is 37.7 Å². The third kappa shape index (κ3) is 5.39. The van der Waals surface area contributed by atoms with Gasteiger partial charge in [-0.2, -0.15) is 0 Å². The van der Waals surface area contributed by atoms with E-state index in [1.165, 1.54) is 18.2 Å². The standard InChI is InChI=1S/C29H33Cl2N5O5S/c1-17(2)11-21(33-27(38)23-12-18-7-5-6-8-22(18)34(23)4)28(39)36-15-25-29(36,3)16-35(25)26(37)14-32-42(40,41)24-10-9-19(30)13-20(24)31/h5-10,12-13,17,21,25,32H,11,14-16H2,1-4H3,(H,33,38)/t21-,25+,29?/m0/s1. The molecule has 42 heavy (non-hydrogen) atoms. The summed E-state index contributed by atoms with van der Waals surface area (Å²) in [5.74, 6) is -0.771. The number of amides is 3. The zero-order chi connectivity index (χ0) is 30.6. The smallest absolute Gasteiger partial charge is 0.268 e. The zero-order valence-electron chi connectivity index (χ0n) is 23.7. The SMILES string of the molecule is CC(C)C[C@H](NC(=O)c1cc2ccccc2n1C)C(=O)N1C[C@H]2N(C(=O)CNS(=O)(=O)c3ccc(Cl)cc3Cl)CC21C. The molecule has 13 heteroatoms. The third-order valence-corrected chi connectivity index (χ3v) is 10.4. The zero-order valence-corrected chi connectivity index (χ0v) is 26.1. The molecule has 3 heterocycles. The molecule has 5 rings (SSSR count). The van der Waals surface area contributed by atoms with E-state index in [2.05, 4.69) is 10.0 Å². The molecule has 3 amide bonds. The molecular formula is C29H33Cl2N5O5S. The van der Waals surface area contributed by atoms with Gasteiger partial charge in [-0.25, -0.2) is 13.1 Å². The van der Waals surface area contributed by atoms with Gasteiger partial charge >= 0.3 is 0 Å². The van der Waals surface area contributed by atoms with Gasteiger partial charge in [0.1, 0.15) is 16.6 Å². The number of hydrogen-bond donors (Lipinski definition) is 2. The van der Waals surface area contributed by atoms with E-state index < -0.39 is 34.1 Å². The normalized spacial score (nSPS) is 20.6. The number of nitrogens with one attached hydrogen (secondary N) is 2. The Bertz CT molecular complexity index is 1690. The minimum Gasteiger partial charge on any atom is -0.340 e. The maximum absolute atomic E-state index is 13.7. The number of aryl methyl sites for hydroxylation is 1. The van der Waals surface area contributed by atoms with Crippen LogP contribution in [-0.4, -0.2) is 77.8 Å². The van der Waals surface area contributed by atoms with Crippen molar-refractivity contribution in [2.24, 2.45) is 13.0 Å². The monoisotopic (exact) mass is 633 g/mol. The molecule has 2 aromatic carbocycles. The fourth-order valence-electron chi connectivity index (χ4n) is 5.87. The number of carbonyl (C=O) groups is 3. The van der Waals surface area contributed by atoms with Gasteiger partial charge in [0.2, 0.25) is 21.8 Å². The van der Waals surface area contributed by atoms with Gasteiger partial charge < -0.3 is 19.7 Å². The number of carbonyl (C=O) groups excluding carboxylic acids is 3. The van der Waals surface area contributed by atoms with Gasteiger partial charge in [0.05, 0.1) is 23.1 Å². The lowest BCUT2D eigenvalue weighted by atomic mass is 9.71. The Morgan fingerprint density at radius 3 is 2.43 bits per heavy atom. The molecule has 0 saturated carbocycles. The van der Waals surface area contributed by atoms with Crippen LogP contribution in [-0.2, 0) is 26.7 Å². The van der Waals surface area contributed by atoms with E-state index in [0.29, 0.717) is 23.7 Å². The van der Waals surface area contributed by atoms with Crippen molar-refractivity contribution in [3.05, 3.63) is 64.3 Å². The minimum atomic E-state index is -4.04. The van der Waals surface area contributed by atoms with Gasteiger partial charge in [0, 0.05) is 36.1 Å². The molecule has 0 bridgehead atoms. The van der Waals surface area contributed by atoms with E-state index in [-0.39, 0.29) is 40.2 Å². The number of likely N-dealkylation sites (tertiary alicyclic amines) is 2. The number of para-hydroxylation sites is 1. The summed E-state index contributed by atoms with van der Waals surface area (Å²) in [6.45, 7) is 6.00. The molecule has 10 nitrogen and oxygen atoms in total. The molecule has 224 valence electrons. The number of rotatable bonds is 9. The van der Waals surface area contributed by atoms with Crippen molar-refractivity contribution in [1.82, 2.24) is 24.4 Å². The number of benzene rings is 2. The summed E-state index contributed by atoms with van der Waals surface area (Å²) in [6.07, 6.45) is 0.462. The van der Waals surface area contributed by atoms with E-state index in [1.54, 1.807) is 9.80 Å². The van der Waals surface area contributed by atoms with Crippen molar-refractivity contribution in [1.29, 1.82) is 0 Å². The van der Waals surface area contributed by atoms with Crippen LogP contribution in [0.5, 0.6) is 0 Å². The predicted molar refractivity (Wildman–Crippen MR) is 161 cm³/mol. The van der Waals surface area contributed by atoms with Crippen molar-refractivity contribution in [3.8, 4) is 0 Å². The van der Waals surface area contributed by atoms with Crippen molar-refractivity contribution in [2.45, 2.75) is 49.7 Å². The topological polar surface area (TPSA) is 121 Å². The summed E-state index contributed by atoms with van der Waals surface area (Å²) in [5, 5.41) is 4.15. The van der Waals surface area contributed by atoms with Gasteiger partial charge in [-0.15, -0.1) is 0 Å². The number of sulfonamides is 1. The maximum Gasteiger partial charge on any atom is 0.268 e. The Kier molecular flexibility index (Phi) is 8.08. The lowest BCUT2D eigenvalue weighted by Crippen LogP contribution is -2.88. The molecule has 2 saturated heterocycles. The lowest BCUT2D eigenvalue weighted by Gasteiger charge is -2.69. The van der Waals surface area contributed by atoms with E-state index >= 15 is 0 Å². The molecule has 3 atom stereocenters. The molecule has 0 aliphatic carbocycles. The number of nitrogens with zero attached hydrogens (tertiary/aromatic N) is 3. The summed E-state index contributed by atoms with van der Waals surface area (Å²) >= 11 is 11.9. The van der Waals surface area contributed by atoms with E-state index in [4.69, 9.17) is 23.2 Å². The fourth-order valence-corrected chi connectivity index (χ4v) is 7.61. The largest absolute Gasteiger partial charge is 0.340 e. The summed E-state index contributed by atoms with van der Waals surface area (Å²) in [4.78, 5) is 43.1. The van der Waals surface area contributed by atoms with E-state index in [9.17, 15) is 22.8 Å². The number of halogens is 2. The van der Waals surface area contributed by atoms with Crippen LogP contribution in [0.3, 0.4) is 0 Å². The first-order valence-corrected chi connectivity index (χ1v) is 15.9. The van der Waals surface area contributed by atoms with Gasteiger partial charge in [-0.3, -0.25) is 14.4 Å². The van der Waals surface area contributed by atoms with Crippen LogP contribution < -0.4 is 10.0 Å². The minimum absolute atomic E-state index is 0.0458. The Hall–Kier alpha value is -3.12. The Labute approximate surface area is 255 Å². The summed E-state index contributed by atoms with van der Waals surface area (Å²) in [7, 11) is -2.22. The number of hydrogen-bond acceptors (Lipinski definition) is 5. The number of fused-ring (bicyclic) bond motifs is 2. The second-order valence-electron chi connectivity index (χ2n) is 11.5. The van der Waals surface area contributed by atoms with Crippen LogP contribution in [0, 0.1) is 5.92 Å². The van der Waals surface area contributed by atoms with Crippen molar-refractivity contribution >= 4 is 61.8 Å². The highest BCUT2D eigenvalue weighted by molar-refractivity contribution is 7.89. The van der Waals surface area contributed by atoms with Crippen LogP contribution in [0.25, 0.3) is 10.9 Å². The van der Waals surface area contributed by atoms with E-state index in [0.717, 1.165) is 10.9 Å². The average Bonchev–Trinajstić information content (AvgIpc) is 3.26. The molecule has 2 aliphatic heterocycles. The molecular weight excluding hydrogens is 601 g/mol. The van der Waals surface area contributed by atoms with Gasteiger partial charge in [-0.1, -0.05) is 55.2 Å². The Morgan fingerprint density at radius 2 is 1.81 bits per heavy atom.